The molecule has 126 valence electrons. The highest BCUT2D eigenvalue weighted by Crippen LogP contribution is 2.25. The lowest BCUT2D eigenvalue weighted by atomic mass is 9.95. The zero-order chi connectivity index (χ0) is 17.0. The van der Waals surface area contributed by atoms with Crippen molar-refractivity contribution in [3.8, 4) is 0 Å². The van der Waals surface area contributed by atoms with Crippen LogP contribution in [0.1, 0.15) is 37.0 Å². The van der Waals surface area contributed by atoms with Crippen molar-refractivity contribution in [3.63, 3.8) is 0 Å². The van der Waals surface area contributed by atoms with Gasteiger partial charge in [0.15, 0.2) is 0 Å². The third-order valence-electron chi connectivity index (χ3n) is 4.29. The molecule has 1 unspecified atom stereocenters. The number of nitrogens with zero attached hydrogens (tertiary/aromatic N) is 2. The summed E-state index contributed by atoms with van der Waals surface area (Å²) in [7, 11) is 0. The first-order valence-electron chi connectivity index (χ1n) is 8.01. The van der Waals surface area contributed by atoms with Crippen LogP contribution < -0.4 is 0 Å². The van der Waals surface area contributed by atoms with E-state index in [2.05, 4.69) is 0 Å². The first-order valence-corrected chi connectivity index (χ1v) is 8.76. The van der Waals surface area contributed by atoms with Crippen molar-refractivity contribution >= 4 is 35.0 Å². The molecular formula is C17H22Cl2N2O2. The van der Waals surface area contributed by atoms with E-state index >= 15 is 0 Å². The molecule has 4 nitrogen and oxygen atoms in total. The van der Waals surface area contributed by atoms with Crippen LogP contribution in [0.25, 0.3) is 0 Å². The fourth-order valence-electron chi connectivity index (χ4n) is 2.99. The van der Waals surface area contributed by atoms with Crippen LogP contribution in [0.3, 0.4) is 0 Å². The number of likely N-dealkylation sites (tertiary alicyclic amines) is 1. The Bertz CT molecular complexity index is 588. The summed E-state index contributed by atoms with van der Waals surface area (Å²) in [5, 5.41) is 0.847. The van der Waals surface area contributed by atoms with E-state index in [0.29, 0.717) is 41.8 Å². The molecule has 1 aromatic carbocycles. The van der Waals surface area contributed by atoms with E-state index in [9.17, 15) is 9.59 Å². The molecule has 1 atom stereocenters. The number of carbonyl (C=O) groups is 2. The third-order valence-corrected chi connectivity index (χ3v) is 4.84. The SMILES string of the molecule is CCN(CC)C(=O)C1CCCN(C(=O)c2ccc(Cl)cc2Cl)C1. The molecule has 2 rings (SSSR count). The third kappa shape index (κ3) is 4.18. The molecule has 0 spiro atoms. The van der Waals surface area contributed by atoms with Crippen LogP contribution >= 0.6 is 23.2 Å². The van der Waals surface area contributed by atoms with Crippen molar-refractivity contribution in [2.24, 2.45) is 5.92 Å². The van der Waals surface area contributed by atoms with E-state index < -0.39 is 0 Å². The maximum atomic E-state index is 12.7. The fourth-order valence-corrected chi connectivity index (χ4v) is 3.48. The summed E-state index contributed by atoms with van der Waals surface area (Å²) in [5.41, 5.74) is 0.437. The van der Waals surface area contributed by atoms with Gasteiger partial charge in [-0.25, -0.2) is 0 Å². The normalized spacial score (nSPS) is 17.9. The lowest BCUT2D eigenvalue weighted by Gasteiger charge is -2.34. The lowest BCUT2D eigenvalue weighted by Crippen LogP contribution is -2.46. The van der Waals surface area contributed by atoms with Crippen molar-refractivity contribution in [1.29, 1.82) is 0 Å². The van der Waals surface area contributed by atoms with Gasteiger partial charge >= 0.3 is 0 Å². The van der Waals surface area contributed by atoms with Gasteiger partial charge in [0, 0.05) is 31.2 Å². The number of halogens is 2. The topological polar surface area (TPSA) is 40.6 Å². The number of rotatable bonds is 4. The van der Waals surface area contributed by atoms with Crippen molar-refractivity contribution in [3.05, 3.63) is 33.8 Å². The van der Waals surface area contributed by atoms with Crippen LogP contribution in [0, 0.1) is 5.92 Å². The lowest BCUT2D eigenvalue weighted by molar-refractivity contribution is -0.136. The standard InChI is InChI=1S/C17H22Cl2N2O2/c1-3-20(4-2)16(22)12-6-5-9-21(11-12)17(23)14-8-7-13(18)10-15(14)19/h7-8,10,12H,3-6,9,11H2,1-2H3. The molecule has 0 saturated carbocycles. The van der Waals surface area contributed by atoms with Crippen LogP contribution in [0.2, 0.25) is 10.0 Å². The Hall–Kier alpha value is -1.26. The molecular weight excluding hydrogens is 335 g/mol. The molecule has 1 saturated heterocycles. The molecule has 23 heavy (non-hydrogen) atoms. The van der Waals surface area contributed by atoms with E-state index in [4.69, 9.17) is 23.2 Å². The predicted molar refractivity (Wildman–Crippen MR) is 93.0 cm³/mol. The second kappa shape index (κ2) is 8.02. The molecule has 0 radical (unpaired) electrons. The highest BCUT2D eigenvalue weighted by atomic mass is 35.5. The maximum absolute atomic E-state index is 12.7. The van der Waals surface area contributed by atoms with E-state index in [-0.39, 0.29) is 17.7 Å². The van der Waals surface area contributed by atoms with Gasteiger partial charge in [0.2, 0.25) is 5.91 Å². The van der Waals surface area contributed by atoms with Gasteiger partial charge in [-0.1, -0.05) is 23.2 Å². The Kier molecular flexibility index (Phi) is 6.31. The Morgan fingerprint density at radius 3 is 2.57 bits per heavy atom. The number of piperidine rings is 1. The second-order valence-corrected chi connectivity index (χ2v) is 6.57. The Balaban J connectivity index is 2.11. The molecule has 0 N–H and O–H groups in total. The van der Waals surface area contributed by atoms with Crippen molar-refractivity contribution in [1.82, 2.24) is 9.80 Å². The van der Waals surface area contributed by atoms with Crippen LogP contribution in [0.15, 0.2) is 18.2 Å². The number of hydrogen-bond acceptors (Lipinski definition) is 2. The van der Waals surface area contributed by atoms with Crippen molar-refractivity contribution < 1.29 is 9.59 Å². The highest BCUT2D eigenvalue weighted by molar-refractivity contribution is 6.36. The van der Waals surface area contributed by atoms with Crippen molar-refractivity contribution in [2.75, 3.05) is 26.2 Å². The van der Waals surface area contributed by atoms with Gasteiger partial charge in [-0.3, -0.25) is 9.59 Å². The minimum Gasteiger partial charge on any atom is -0.343 e. The molecule has 1 heterocycles. The van der Waals surface area contributed by atoms with Crippen molar-refractivity contribution in [2.45, 2.75) is 26.7 Å². The van der Waals surface area contributed by atoms with Gasteiger partial charge in [-0.15, -0.1) is 0 Å². The van der Waals surface area contributed by atoms with Crippen LogP contribution in [0.4, 0.5) is 0 Å². The summed E-state index contributed by atoms with van der Waals surface area (Å²) in [5.74, 6) is -0.128. The summed E-state index contributed by atoms with van der Waals surface area (Å²) >= 11 is 12.0. The van der Waals surface area contributed by atoms with Gasteiger partial charge in [0.1, 0.15) is 0 Å². The summed E-state index contributed by atoms with van der Waals surface area (Å²) < 4.78 is 0. The number of carbonyl (C=O) groups excluding carboxylic acids is 2. The van der Waals surface area contributed by atoms with Crippen LogP contribution in [-0.2, 0) is 4.79 Å². The molecule has 2 amide bonds. The van der Waals surface area contributed by atoms with Gasteiger partial charge in [-0.2, -0.15) is 0 Å². The average molecular weight is 357 g/mol. The monoisotopic (exact) mass is 356 g/mol. The largest absolute Gasteiger partial charge is 0.343 e. The number of amides is 2. The van der Waals surface area contributed by atoms with E-state index in [1.165, 1.54) is 0 Å². The quantitative estimate of drug-likeness (QED) is 0.824. The molecule has 0 aliphatic carbocycles. The van der Waals surface area contributed by atoms with E-state index in [1.54, 1.807) is 23.1 Å². The predicted octanol–water partition coefficient (Wildman–Crippen LogP) is 3.71. The maximum Gasteiger partial charge on any atom is 0.255 e. The van der Waals surface area contributed by atoms with Crippen LogP contribution in [-0.4, -0.2) is 47.8 Å². The number of benzene rings is 1. The van der Waals surface area contributed by atoms with E-state index in [0.717, 1.165) is 12.8 Å². The molecule has 1 aliphatic heterocycles. The first kappa shape index (κ1) is 18.1. The Labute approximate surface area is 147 Å². The Morgan fingerprint density at radius 2 is 1.96 bits per heavy atom. The van der Waals surface area contributed by atoms with Gasteiger partial charge < -0.3 is 9.80 Å². The summed E-state index contributed by atoms with van der Waals surface area (Å²) in [6.45, 7) is 6.44. The minimum absolute atomic E-state index is 0.126. The second-order valence-electron chi connectivity index (χ2n) is 5.73. The zero-order valence-corrected chi connectivity index (χ0v) is 15.0. The average Bonchev–Trinajstić information content (AvgIpc) is 2.55. The van der Waals surface area contributed by atoms with Gasteiger partial charge in [0.05, 0.1) is 16.5 Å². The molecule has 1 aromatic rings. The molecule has 1 aliphatic rings. The summed E-state index contributed by atoms with van der Waals surface area (Å²) in [6.07, 6.45) is 1.65. The van der Waals surface area contributed by atoms with Gasteiger partial charge in [0.25, 0.3) is 5.91 Å². The minimum atomic E-state index is -0.135. The van der Waals surface area contributed by atoms with Crippen LogP contribution in [0.5, 0.6) is 0 Å². The highest BCUT2D eigenvalue weighted by Gasteiger charge is 2.31. The zero-order valence-electron chi connectivity index (χ0n) is 13.5. The molecule has 0 aromatic heterocycles. The summed E-state index contributed by atoms with van der Waals surface area (Å²) in [6, 6.07) is 4.87. The molecule has 6 heteroatoms. The smallest absolute Gasteiger partial charge is 0.255 e. The first-order chi connectivity index (χ1) is 11.0. The fraction of sp³-hybridized carbons (Fsp3) is 0.529. The Morgan fingerprint density at radius 1 is 1.26 bits per heavy atom. The number of hydrogen-bond donors (Lipinski definition) is 0. The van der Waals surface area contributed by atoms with E-state index in [1.807, 2.05) is 18.7 Å². The molecule has 1 fully saturated rings. The summed E-state index contributed by atoms with van der Waals surface area (Å²) in [4.78, 5) is 28.8. The van der Waals surface area contributed by atoms with Gasteiger partial charge in [-0.05, 0) is 44.9 Å². The molecule has 0 bridgehead atoms.